The van der Waals surface area contributed by atoms with Crippen molar-refractivity contribution in [3.63, 3.8) is 0 Å². The van der Waals surface area contributed by atoms with Gasteiger partial charge in [0.1, 0.15) is 6.29 Å². The highest BCUT2D eigenvalue weighted by Gasteiger charge is 2.49. The van der Waals surface area contributed by atoms with Gasteiger partial charge in [0.15, 0.2) is 0 Å². The summed E-state index contributed by atoms with van der Waals surface area (Å²) in [6, 6.07) is 0. The summed E-state index contributed by atoms with van der Waals surface area (Å²) in [5.74, 6) is 0.0342. The van der Waals surface area contributed by atoms with Crippen molar-refractivity contribution in [2.75, 3.05) is 0 Å². The molecular weight excluding hydrogens is 367 g/mol. The average molecular weight is 382 g/mol. The maximum Gasteiger partial charge on any atom is 0.228 e. The second-order valence-corrected chi connectivity index (χ2v) is 7.97. The van der Waals surface area contributed by atoms with E-state index in [2.05, 4.69) is 10.3 Å². The lowest BCUT2D eigenvalue weighted by Gasteiger charge is -2.27. The molecule has 0 aromatic carbocycles. The third-order valence-electron chi connectivity index (χ3n) is 2.96. The van der Waals surface area contributed by atoms with Crippen molar-refractivity contribution in [1.82, 2.24) is 15.0 Å². The molecule has 4 nitrogen and oxygen atoms in total. The third kappa shape index (κ3) is 4.38. The molecule has 1 unspecified atom stereocenters. The first kappa shape index (κ1) is 18.3. The van der Waals surface area contributed by atoms with Crippen LogP contribution in [-0.4, -0.2) is 25.1 Å². The Morgan fingerprint density at radius 2 is 2.00 bits per heavy atom. The van der Waals surface area contributed by atoms with Crippen LogP contribution in [0.15, 0.2) is 6.20 Å². The normalized spacial score (nSPS) is 14.3. The van der Waals surface area contributed by atoms with Gasteiger partial charge in [0.05, 0.1) is 11.9 Å². The van der Waals surface area contributed by atoms with Gasteiger partial charge in [0, 0.05) is 12.5 Å². The molecule has 1 aromatic rings. The quantitative estimate of drug-likeness (QED) is 0.523. The number of halogens is 5. The lowest BCUT2D eigenvalue weighted by molar-refractivity contribution is -0.111. The van der Waals surface area contributed by atoms with E-state index in [1.807, 2.05) is 6.92 Å². The molecule has 114 valence electrons. The highest BCUT2D eigenvalue weighted by Crippen LogP contribution is 2.52. The molecule has 0 amide bonds. The smallest absolute Gasteiger partial charge is 0.228 e. The van der Waals surface area contributed by atoms with Crippen LogP contribution in [0.3, 0.4) is 0 Å². The Morgan fingerprint density at radius 3 is 2.50 bits per heavy atom. The molecule has 0 fully saturated rings. The van der Waals surface area contributed by atoms with Crippen molar-refractivity contribution < 1.29 is 4.79 Å². The third-order valence-corrected chi connectivity index (χ3v) is 5.34. The first-order valence-electron chi connectivity index (χ1n) is 6.02. The summed E-state index contributed by atoms with van der Waals surface area (Å²) < 4.78 is -2.18. The molecule has 0 spiro atoms. The predicted octanol–water partition coefficient (Wildman–Crippen LogP) is 4.28. The Kier molecular flexibility index (Phi) is 6.87. The predicted molar refractivity (Wildman–Crippen MR) is 82.8 cm³/mol. The average Bonchev–Trinajstić information content (AvgIpc) is 2.82. The van der Waals surface area contributed by atoms with Crippen LogP contribution < -0.4 is 0 Å². The van der Waals surface area contributed by atoms with Gasteiger partial charge in [-0.3, -0.25) is 0 Å². The van der Waals surface area contributed by atoms with Gasteiger partial charge < -0.3 is 4.79 Å². The maximum absolute atomic E-state index is 10.8. The SMILES string of the molecule is CCC(C=O)CCCn1nncc1C(Cl)(Cl)C(Cl)(Cl)Cl. The van der Waals surface area contributed by atoms with E-state index < -0.39 is 8.13 Å². The molecule has 1 aromatic heterocycles. The molecule has 0 saturated carbocycles. The zero-order valence-electron chi connectivity index (χ0n) is 10.7. The van der Waals surface area contributed by atoms with Gasteiger partial charge in [-0.15, -0.1) is 5.10 Å². The van der Waals surface area contributed by atoms with Gasteiger partial charge in [0.25, 0.3) is 0 Å². The summed E-state index contributed by atoms with van der Waals surface area (Å²) in [4.78, 5) is 10.8. The van der Waals surface area contributed by atoms with Gasteiger partial charge >= 0.3 is 0 Å². The first-order chi connectivity index (χ1) is 9.24. The number of rotatable bonds is 7. The molecule has 0 saturated heterocycles. The highest BCUT2D eigenvalue weighted by molar-refractivity contribution is 6.75. The molecule has 0 N–H and O–H groups in total. The van der Waals surface area contributed by atoms with Crippen LogP contribution in [0.1, 0.15) is 31.9 Å². The van der Waals surface area contributed by atoms with E-state index >= 15 is 0 Å². The molecule has 0 radical (unpaired) electrons. The van der Waals surface area contributed by atoms with Crippen LogP contribution in [0.4, 0.5) is 0 Å². The molecule has 0 aliphatic rings. The first-order valence-corrected chi connectivity index (χ1v) is 7.91. The Balaban J connectivity index is 2.75. The molecule has 1 heterocycles. The summed E-state index contributed by atoms with van der Waals surface area (Å²) in [6.07, 6.45) is 4.58. The second kappa shape index (κ2) is 7.50. The summed E-state index contributed by atoms with van der Waals surface area (Å²) in [5, 5.41) is 7.62. The summed E-state index contributed by atoms with van der Waals surface area (Å²) in [6.45, 7) is 2.45. The fraction of sp³-hybridized carbons (Fsp3) is 0.727. The molecule has 20 heavy (non-hydrogen) atoms. The number of nitrogens with zero attached hydrogens (tertiary/aromatic N) is 3. The molecule has 1 atom stereocenters. The van der Waals surface area contributed by atoms with E-state index in [-0.39, 0.29) is 5.92 Å². The lowest BCUT2D eigenvalue weighted by Crippen LogP contribution is -2.31. The number of aldehydes is 1. The van der Waals surface area contributed by atoms with E-state index in [1.54, 1.807) is 0 Å². The number of hydrogen-bond donors (Lipinski definition) is 0. The van der Waals surface area contributed by atoms with Gasteiger partial charge in [-0.25, -0.2) is 4.68 Å². The summed E-state index contributed by atoms with van der Waals surface area (Å²) in [5.41, 5.74) is 0.306. The fourth-order valence-electron chi connectivity index (χ4n) is 1.68. The second-order valence-electron chi connectivity index (χ2n) is 4.36. The van der Waals surface area contributed by atoms with Crippen LogP contribution in [0.5, 0.6) is 0 Å². The fourth-order valence-corrected chi connectivity index (χ4v) is 2.27. The van der Waals surface area contributed by atoms with Gasteiger partial charge in [-0.1, -0.05) is 70.1 Å². The number of aryl methyl sites for hydroxylation is 1. The van der Waals surface area contributed by atoms with Crippen molar-refractivity contribution in [2.45, 2.75) is 40.9 Å². The zero-order chi connectivity index (χ0) is 15.4. The Labute approximate surface area is 142 Å². The van der Waals surface area contributed by atoms with Crippen LogP contribution in [-0.2, 0) is 15.7 Å². The van der Waals surface area contributed by atoms with Gasteiger partial charge in [0.2, 0.25) is 8.13 Å². The van der Waals surface area contributed by atoms with E-state index in [0.717, 1.165) is 25.5 Å². The topological polar surface area (TPSA) is 47.8 Å². The molecule has 0 bridgehead atoms. The van der Waals surface area contributed by atoms with Crippen LogP contribution in [0.25, 0.3) is 0 Å². The Hall–Kier alpha value is 0.260. The molecule has 1 rings (SSSR count). The molecule has 0 aliphatic heterocycles. The van der Waals surface area contributed by atoms with E-state index in [1.165, 1.54) is 10.9 Å². The monoisotopic (exact) mass is 379 g/mol. The number of aromatic nitrogens is 3. The Bertz CT molecular complexity index is 444. The lowest BCUT2D eigenvalue weighted by atomic mass is 10.0. The maximum atomic E-state index is 10.8. The minimum Gasteiger partial charge on any atom is -0.303 e. The minimum absolute atomic E-state index is 0.0342. The van der Waals surface area contributed by atoms with Gasteiger partial charge in [-0.05, 0) is 19.3 Å². The van der Waals surface area contributed by atoms with E-state index in [9.17, 15) is 4.79 Å². The summed E-state index contributed by atoms with van der Waals surface area (Å²) >= 11 is 29.5. The van der Waals surface area contributed by atoms with Crippen molar-refractivity contribution in [3.8, 4) is 0 Å². The number of alkyl halides is 5. The number of carbonyl (C=O) groups is 1. The number of hydrogen-bond acceptors (Lipinski definition) is 3. The van der Waals surface area contributed by atoms with Gasteiger partial charge in [-0.2, -0.15) is 0 Å². The van der Waals surface area contributed by atoms with Crippen molar-refractivity contribution in [2.24, 2.45) is 5.92 Å². The van der Waals surface area contributed by atoms with E-state index in [0.29, 0.717) is 12.2 Å². The largest absolute Gasteiger partial charge is 0.303 e. The van der Waals surface area contributed by atoms with Crippen LogP contribution >= 0.6 is 58.0 Å². The van der Waals surface area contributed by atoms with Crippen LogP contribution in [0, 0.1) is 5.92 Å². The standard InChI is InChI=1S/C11H14Cl5N3O/c1-2-8(7-20)4-3-5-19-9(6-17-18-19)10(12,13)11(14,15)16/h6-8H,2-5H2,1H3. The Morgan fingerprint density at radius 1 is 1.35 bits per heavy atom. The molecule has 0 aliphatic carbocycles. The minimum atomic E-state index is -1.91. The summed E-state index contributed by atoms with van der Waals surface area (Å²) in [7, 11) is 0. The van der Waals surface area contributed by atoms with E-state index in [4.69, 9.17) is 58.0 Å². The number of carbonyl (C=O) groups excluding carboxylic acids is 1. The zero-order valence-corrected chi connectivity index (χ0v) is 14.5. The van der Waals surface area contributed by atoms with Crippen molar-refractivity contribution in [3.05, 3.63) is 11.9 Å². The molecular formula is C11H14Cl5N3O. The van der Waals surface area contributed by atoms with Crippen molar-refractivity contribution >= 4 is 64.3 Å². The van der Waals surface area contributed by atoms with Crippen molar-refractivity contribution in [1.29, 1.82) is 0 Å². The molecule has 9 heteroatoms. The highest BCUT2D eigenvalue weighted by atomic mass is 35.6. The van der Waals surface area contributed by atoms with Crippen LogP contribution in [0.2, 0.25) is 0 Å².